The van der Waals surface area contributed by atoms with E-state index in [0.717, 1.165) is 45.4 Å². The summed E-state index contributed by atoms with van der Waals surface area (Å²) in [6, 6.07) is 0.912. The summed E-state index contributed by atoms with van der Waals surface area (Å²) in [5.74, 6) is 0. The number of aromatic nitrogens is 2. The van der Waals surface area contributed by atoms with Gasteiger partial charge in [0.2, 0.25) is 0 Å². The van der Waals surface area contributed by atoms with Crippen LogP contribution in [-0.2, 0) is 17.6 Å². The van der Waals surface area contributed by atoms with E-state index in [9.17, 15) is 0 Å². The first kappa shape index (κ1) is 16.5. The first-order valence-electron chi connectivity index (χ1n) is 8.64. The molecule has 1 aromatic heterocycles. The molecule has 1 fully saturated rings. The lowest BCUT2D eigenvalue weighted by Crippen LogP contribution is -2.23. The van der Waals surface area contributed by atoms with E-state index in [2.05, 4.69) is 37.7 Å². The molecule has 0 aliphatic carbocycles. The smallest absolute Gasteiger partial charge is 0.0672 e. The number of rotatable bonds is 7. The number of aryl methyl sites for hydroxylation is 1. The lowest BCUT2D eigenvalue weighted by Gasteiger charge is -2.25. The number of nitrogens with zero attached hydrogens (tertiary/aromatic N) is 2. The maximum absolute atomic E-state index is 5.51. The first-order valence-corrected chi connectivity index (χ1v) is 8.64. The molecule has 4 heteroatoms. The molecule has 0 spiro atoms. The Morgan fingerprint density at radius 1 is 1.24 bits per heavy atom. The highest BCUT2D eigenvalue weighted by Crippen LogP contribution is 2.29. The summed E-state index contributed by atoms with van der Waals surface area (Å²) in [6.45, 7) is 11.8. The zero-order chi connectivity index (χ0) is 15.2. The molecule has 1 atom stereocenters. The largest absolute Gasteiger partial charge is 0.381 e. The second-order valence-corrected chi connectivity index (χ2v) is 5.98. The molecule has 1 N–H and O–H groups in total. The molecule has 0 radical (unpaired) electrons. The molecule has 1 aliphatic heterocycles. The van der Waals surface area contributed by atoms with Gasteiger partial charge in [-0.2, -0.15) is 5.10 Å². The van der Waals surface area contributed by atoms with Crippen molar-refractivity contribution in [2.75, 3.05) is 19.8 Å². The second kappa shape index (κ2) is 7.95. The Labute approximate surface area is 129 Å². The predicted octanol–water partition coefficient (Wildman–Crippen LogP) is 3.42. The van der Waals surface area contributed by atoms with Crippen LogP contribution in [0.25, 0.3) is 0 Å². The van der Waals surface area contributed by atoms with Gasteiger partial charge in [0.1, 0.15) is 0 Å². The van der Waals surface area contributed by atoms with Gasteiger partial charge in [0.25, 0.3) is 0 Å². The molecule has 120 valence electrons. The number of ether oxygens (including phenoxy) is 1. The van der Waals surface area contributed by atoms with E-state index in [0.29, 0.717) is 12.1 Å². The Balaban J connectivity index is 2.31. The molecule has 0 bridgehead atoms. The summed E-state index contributed by atoms with van der Waals surface area (Å²) in [5.41, 5.74) is 4.14. The number of hydrogen-bond donors (Lipinski definition) is 1. The number of nitrogens with one attached hydrogen (secondary N) is 1. The van der Waals surface area contributed by atoms with Crippen molar-refractivity contribution in [3.8, 4) is 0 Å². The highest BCUT2D eigenvalue weighted by molar-refractivity contribution is 5.30. The van der Waals surface area contributed by atoms with E-state index in [1.54, 1.807) is 0 Å². The standard InChI is InChI=1S/C17H31N3O/c1-5-10-18-13(4)17-15(6-2)19-20(16(17)7-3)14-8-11-21-12-9-14/h13-14,18H,5-12H2,1-4H3. The zero-order valence-corrected chi connectivity index (χ0v) is 14.1. The zero-order valence-electron chi connectivity index (χ0n) is 14.1. The highest BCUT2D eigenvalue weighted by Gasteiger charge is 2.25. The lowest BCUT2D eigenvalue weighted by atomic mass is 10.0. The minimum Gasteiger partial charge on any atom is -0.381 e. The molecular weight excluding hydrogens is 262 g/mol. The summed E-state index contributed by atoms with van der Waals surface area (Å²) < 4.78 is 7.83. The van der Waals surface area contributed by atoms with Crippen LogP contribution in [0.3, 0.4) is 0 Å². The molecule has 1 aromatic rings. The van der Waals surface area contributed by atoms with Gasteiger partial charge in [0, 0.05) is 30.5 Å². The van der Waals surface area contributed by atoms with Crippen molar-refractivity contribution in [2.45, 2.75) is 71.9 Å². The third-order valence-electron chi connectivity index (χ3n) is 4.47. The van der Waals surface area contributed by atoms with Crippen LogP contribution in [0.15, 0.2) is 0 Å². The van der Waals surface area contributed by atoms with E-state index < -0.39 is 0 Å². The molecule has 0 aromatic carbocycles. The Kier molecular flexibility index (Phi) is 6.24. The maximum Gasteiger partial charge on any atom is 0.0672 e. The van der Waals surface area contributed by atoms with Gasteiger partial charge in [-0.1, -0.05) is 20.8 Å². The summed E-state index contributed by atoms with van der Waals surface area (Å²) in [4.78, 5) is 0. The monoisotopic (exact) mass is 293 g/mol. The van der Waals surface area contributed by atoms with Crippen LogP contribution >= 0.6 is 0 Å². The van der Waals surface area contributed by atoms with Gasteiger partial charge in [-0.05, 0) is 45.6 Å². The summed E-state index contributed by atoms with van der Waals surface area (Å²) >= 11 is 0. The average molecular weight is 293 g/mol. The van der Waals surface area contributed by atoms with Gasteiger partial charge < -0.3 is 10.1 Å². The maximum atomic E-state index is 5.51. The van der Waals surface area contributed by atoms with Crippen LogP contribution in [0.5, 0.6) is 0 Å². The third-order valence-corrected chi connectivity index (χ3v) is 4.47. The molecule has 1 aliphatic rings. The highest BCUT2D eigenvalue weighted by atomic mass is 16.5. The van der Waals surface area contributed by atoms with Crippen molar-refractivity contribution in [3.05, 3.63) is 17.0 Å². The summed E-state index contributed by atoms with van der Waals surface area (Å²) in [7, 11) is 0. The first-order chi connectivity index (χ1) is 10.2. The normalized spacial score (nSPS) is 18.1. The molecule has 21 heavy (non-hydrogen) atoms. The van der Waals surface area contributed by atoms with Gasteiger partial charge in [-0.25, -0.2) is 0 Å². The minimum atomic E-state index is 0.392. The molecule has 1 unspecified atom stereocenters. The van der Waals surface area contributed by atoms with E-state index >= 15 is 0 Å². The molecule has 1 saturated heterocycles. The average Bonchev–Trinajstić information content (AvgIpc) is 2.92. The van der Waals surface area contributed by atoms with Gasteiger partial charge in [0.05, 0.1) is 11.7 Å². The predicted molar refractivity (Wildman–Crippen MR) is 86.8 cm³/mol. The summed E-state index contributed by atoms with van der Waals surface area (Å²) in [5, 5.41) is 8.61. The fraction of sp³-hybridized carbons (Fsp3) is 0.824. The Morgan fingerprint density at radius 3 is 2.52 bits per heavy atom. The van der Waals surface area contributed by atoms with E-state index in [4.69, 9.17) is 9.84 Å². The van der Waals surface area contributed by atoms with Crippen LogP contribution in [-0.4, -0.2) is 29.5 Å². The summed E-state index contributed by atoms with van der Waals surface area (Å²) in [6.07, 6.45) is 5.41. The van der Waals surface area contributed by atoms with Crippen molar-refractivity contribution in [1.82, 2.24) is 15.1 Å². The van der Waals surface area contributed by atoms with Crippen molar-refractivity contribution in [1.29, 1.82) is 0 Å². The van der Waals surface area contributed by atoms with Crippen LogP contribution < -0.4 is 5.32 Å². The van der Waals surface area contributed by atoms with Gasteiger partial charge in [-0.3, -0.25) is 4.68 Å². The number of hydrogen-bond acceptors (Lipinski definition) is 3. The topological polar surface area (TPSA) is 39.1 Å². The van der Waals surface area contributed by atoms with Gasteiger partial charge >= 0.3 is 0 Å². The quantitative estimate of drug-likeness (QED) is 0.837. The molecule has 0 saturated carbocycles. The molecule has 4 nitrogen and oxygen atoms in total. The fourth-order valence-electron chi connectivity index (χ4n) is 3.34. The van der Waals surface area contributed by atoms with E-state index in [1.165, 1.54) is 23.4 Å². The SMILES string of the molecule is CCCNC(C)c1c(CC)nn(C2CCOCC2)c1CC. The van der Waals surface area contributed by atoms with Crippen LogP contribution in [0, 0.1) is 0 Å². The van der Waals surface area contributed by atoms with E-state index in [1.807, 2.05) is 0 Å². The minimum absolute atomic E-state index is 0.392. The van der Waals surface area contributed by atoms with Crippen molar-refractivity contribution < 1.29 is 4.74 Å². The Bertz CT molecular complexity index is 435. The third kappa shape index (κ3) is 3.67. The van der Waals surface area contributed by atoms with Crippen LogP contribution in [0.1, 0.15) is 76.0 Å². The van der Waals surface area contributed by atoms with E-state index in [-0.39, 0.29) is 0 Å². The molecule has 2 heterocycles. The van der Waals surface area contributed by atoms with Crippen LogP contribution in [0.2, 0.25) is 0 Å². The second-order valence-electron chi connectivity index (χ2n) is 5.98. The van der Waals surface area contributed by atoms with Crippen LogP contribution in [0.4, 0.5) is 0 Å². The Hall–Kier alpha value is -0.870. The molecule has 2 rings (SSSR count). The molecule has 0 amide bonds. The Morgan fingerprint density at radius 2 is 1.95 bits per heavy atom. The van der Waals surface area contributed by atoms with Gasteiger partial charge in [-0.15, -0.1) is 0 Å². The van der Waals surface area contributed by atoms with Gasteiger partial charge in [0.15, 0.2) is 0 Å². The van der Waals surface area contributed by atoms with Crippen molar-refractivity contribution in [2.24, 2.45) is 0 Å². The lowest BCUT2D eigenvalue weighted by molar-refractivity contribution is 0.0653. The molecular formula is C17H31N3O. The van der Waals surface area contributed by atoms with Crippen molar-refractivity contribution >= 4 is 0 Å². The fourth-order valence-corrected chi connectivity index (χ4v) is 3.34. The van der Waals surface area contributed by atoms with Crippen molar-refractivity contribution in [3.63, 3.8) is 0 Å².